The normalized spacial score (nSPS) is 15.2. The first-order chi connectivity index (χ1) is 18.9. The lowest BCUT2D eigenvalue weighted by molar-refractivity contribution is -0.142. The second kappa shape index (κ2) is 15.7. The van der Waals surface area contributed by atoms with Gasteiger partial charge in [-0.2, -0.15) is 0 Å². The van der Waals surface area contributed by atoms with Gasteiger partial charge in [-0.15, -0.1) is 0 Å². The van der Waals surface area contributed by atoms with Crippen LogP contribution in [0, 0.1) is 12.8 Å². The molecule has 206 valence electrons. The lowest BCUT2D eigenvalue weighted by Crippen LogP contribution is -2.24. The van der Waals surface area contributed by atoms with Crippen LogP contribution in [0.15, 0.2) is 72.5 Å². The first kappa shape index (κ1) is 29.9. The van der Waals surface area contributed by atoms with Gasteiger partial charge in [-0.25, -0.2) is 0 Å². The highest BCUT2D eigenvalue weighted by molar-refractivity contribution is 5.90. The minimum Gasteiger partial charge on any atom is -0.481 e. The predicted octanol–water partition coefficient (Wildman–Crippen LogP) is 7.30. The van der Waals surface area contributed by atoms with E-state index in [4.69, 9.17) is 4.98 Å². The molecule has 39 heavy (non-hydrogen) atoms. The van der Waals surface area contributed by atoms with E-state index >= 15 is 0 Å². The van der Waals surface area contributed by atoms with Gasteiger partial charge in [0.1, 0.15) is 0 Å². The Morgan fingerprint density at radius 3 is 2.74 bits per heavy atom. The third-order valence-electron chi connectivity index (χ3n) is 7.25. The largest absolute Gasteiger partial charge is 0.481 e. The van der Waals surface area contributed by atoms with Crippen LogP contribution in [0.25, 0.3) is 23.9 Å². The van der Waals surface area contributed by atoms with Gasteiger partial charge in [-0.3, -0.25) is 9.78 Å². The maximum Gasteiger partial charge on any atom is 0.306 e. The van der Waals surface area contributed by atoms with Crippen LogP contribution in [-0.4, -0.2) is 16.1 Å². The number of aryl methyl sites for hydroxylation is 1. The summed E-state index contributed by atoms with van der Waals surface area (Å²) in [6.07, 6.45) is 21.5. The number of hydrogen-bond acceptors (Lipinski definition) is 3. The number of carboxylic acid groups (broad SMARTS) is 1. The van der Waals surface area contributed by atoms with Crippen LogP contribution in [0.5, 0.6) is 0 Å². The Morgan fingerprint density at radius 2 is 2.00 bits per heavy atom. The summed E-state index contributed by atoms with van der Waals surface area (Å²) >= 11 is 0. The number of aromatic nitrogens is 1. The first-order valence-corrected chi connectivity index (χ1v) is 14.4. The Hall–Kier alpha value is -3.66. The van der Waals surface area contributed by atoms with E-state index in [0.29, 0.717) is 0 Å². The van der Waals surface area contributed by atoms with Crippen molar-refractivity contribution in [2.45, 2.75) is 78.6 Å². The molecule has 0 aliphatic carbocycles. The Kier molecular flexibility index (Phi) is 12.0. The number of pyridine rings is 1. The minimum atomic E-state index is -0.643. The van der Waals surface area contributed by atoms with Gasteiger partial charge >= 0.3 is 5.97 Å². The molecule has 0 amide bonds. The zero-order valence-corrected chi connectivity index (χ0v) is 23.9. The second-order valence-electron chi connectivity index (χ2n) is 10.3. The summed E-state index contributed by atoms with van der Waals surface area (Å²) in [5.74, 6) is -0.821. The van der Waals surface area contributed by atoms with E-state index in [-0.39, 0.29) is 5.92 Å². The molecule has 1 atom stereocenters. The third-order valence-corrected chi connectivity index (χ3v) is 7.25. The number of hydrogen-bond donors (Lipinski definition) is 2. The summed E-state index contributed by atoms with van der Waals surface area (Å²) in [5.41, 5.74) is 6.69. The first-order valence-electron chi connectivity index (χ1n) is 14.4. The van der Waals surface area contributed by atoms with E-state index in [9.17, 15) is 9.90 Å². The van der Waals surface area contributed by atoms with Crippen LogP contribution in [0.3, 0.4) is 0 Å². The van der Waals surface area contributed by atoms with Gasteiger partial charge in [0.15, 0.2) is 0 Å². The molecular formula is C35H44N2O2. The van der Waals surface area contributed by atoms with Gasteiger partial charge in [0.2, 0.25) is 0 Å². The molecule has 1 unspecified atom stereocenters. The molecule has 2 heterocycles. The van der Waals surface area contributed by atoms with Gasteiger partial charge in [-0.1, -0.05) is 81.3 Å². The fraction of sp³-hybridized carbons (Fsp3) is 0.371. The van der Waals surface area contributed by atoms with Crippen molar-refractivity contribution in [3.63, 3.8) is 0 Å². The van der Waals surface area contributed by atoms with E-state index < -0.39 is 5.97 Å². The fourth-order valence-corrected chi connectivity index (χ4v) is 4.96. The molecule has 1 aliphatic heterocycles. The van der Waals surface area contributed by atoms with Crippen LogP contribution in [0.4, 0.5) is 0 Å². The molecule has 0 spiro atoms. The quantitative estimate of drug-likeness (QED) is 0.201. The number of nitrogens with zero attached hydrogens (tertiary/aromatic N) is 1. The van der Waals surface area contributed by atoms with Crippen LogP contribution in [0.1, 0.15) is 88.6 Å². The number of carbonyl (C=O) groups is 1. The van der Waals surface area contributed by atoms with Crippen molar-refractivity contribution in [1.82, 2.24) is 10.3 Å². The average Bonchev–Trinajstić information content (AvgIpc) is 2.94. The van der Waals surface area contributed by atoms with Crippen molar-refractivity contribution in [3.05, 3.63) is 99.9 Å². The monoisotopic (exact) mass is 524 g/mol. The highest BCUT2D eigenvalue weighted by Crippen LogP contribution is 2.28. The standard InChI is InChI=1S/C35H44N2O2/c1-5-15-29(35(38)39)18-12-10-8-7-9-11-17-28(6-2)24-31-25-30(22-21-26(31)3)32-19-14-23-36-34(32)33-20-13-16-27(4)37-33/h6,9,11,13-14,16,20-25,29,36H,3,5,7-8,10,12,15,17-19H2,1-2,4H3,(H,38,39)/b11-9+,28-6-,31-24-. The van der Waals surface area contributed by atoms with Gasteiger partial charge in [0.25, 0.3) is 0 Å². The van der Waals surface area contributed by atoms with Crippen LogP contribution in [0.2, 0.25) is 0 Å². The zero-order valence-electron chi connectivity index (χ0n) is 23.9. The summed E-state index contributed by atoms with van der Waals surface area (Å²) in [5, 5.41) is 14.9. The lowest BCUT2D eigenvalue weighted by Gasteiger charge is -2.18. The lowest BCUT2D eigenvalue weighted by atomic mass is 9.95. The average molecular weight is 525 g/mol. The summed E-state index contributed by atoms with van der Waals surface area (Å²) < 4.78 is 0. The molecule has 0 radical (unpaired) electrons. The topological polar surface area (TPSA) is 62.2 Å². The highest BCUT2D eigenvalue weighted by atomic mass is 16.4. The van der Waals surface area contributed by atoms with E-state index in [2.05, 4.69) is 86.5 Å². The molecule has 0 saturated heterocycles. The molecule has 0 fully saturated rings. The summed E-state index contributed by atoms with van der Waals surface area (Å²) in [7, 11) is 0. The predicted molar refractivity (Wildman–Crippen MR) is 165 cm³/mol. The van der Waals surface area contributed by atoms with Crippen molar-refractivity contribution in [3.8, 4) is 0 Å². The number of unbranched alkanes of at least 4 members (excludes halogenated alkanes) is 3. The summed E-state index contributed by atoms with van der Waals surface area (Å²) in [4.78, 5) is 16.0. The molecular weight excluding hydrogens is 480 g/mol. The summed E-state index contributed by atoms with van der Waals surface area (Å²) in [6.45, 7) is 10.4. The number of aliphatic carboxylic acids is 1. The minimum absolute atomic E-state index is 0.178. The van der Waals surface area contributed by atoms with Gasteiger partial charge < -0.3 is 10.4 Å². The van der Waals surface area contributed by atoms with E-state index in [0.717, 1.165) is 85.3 Å². The van der Waals surface area contributed by atoms with E-state index in [1.165, 1.54) is 16.7 Å². The molecule has 1 aliphatic rings. The molecule has 2 aromatic rings. The summed E-state index contributed by atoms with van der Waals surface area (Å²) in [6, 6.07) is 12.6. The number of allylic oxidation sites excluding steroid dienone is 6. The smallest absolute Gasteiger partial charge is 0.306 e. The Bertz CT molecular complexity index is 1350. The molecule has 1 aromatic carbocycles. The van der Waals surface area contributed by atoms with Crippen molar-refractivity contribution in [1.29, 1.82) is 0 Å². The number of carboxylic acids is 1. The Labute approximate surface area is 234 Å². The third kappa shape index (κ3) is 9.24. The van der Waals surface area contributed by atoms with Crippen molar-refractivity contribution in [2.75, 3.05) is 0 Å². The number of dihydropyridines is 1. The van der Waals surface area contributed by atoms with Gasteiger partial charge in [0.05, 0.1) is 17.3 Å². The molecule has 0 bridgehead atoms. The number of benzene rings is 1. The van der Waals surface area contributed by atoms with Crippen LogP contribution >= 0.6 is 0 Å². The SMILES string of the molecule is C=c1ccc(C2=C(c3cccc(C)n3)NC=CC2)c/c1=C/C(=C\C)C/C=C/CCCCCC(CCC)C(=O)O. The maximum atomic E-state index is 11.3. The fourth-order valence-electron chi connectivity index (χ4n) is 4.96. The van der Waals surface area contributed by atoms with E-state index in [1.54, 1.807) is 0 Å². The molecule has 1 aromatic heterocycles. The zero-order chi connectivity index (χ0) is 28.0. The Balaban J connectivity index is 1.64. The molecule has 4 heteroatoms. The number of nitrogens with one attached hydrogen (secondary N) is 1. The van der Waals surface area contributed by atoms with Gasteiger partial charge in [0, 0.05) is 5.69 Å². The molecule has 0 saturated carbocycles. The Morgan fingerprint density at radius 1 is 1.15 bits per heavy atom. The van der Waals surface area contributed by atoms with E-state index in [1.807, 2.05) is 19.2 Å². The second-order valence-corrected chi connectivity index (χ2v) is 10.3. The van der Waals surface area contributed by atoms with Crippen molar-refractivity contribution < 1.29 is 9.90 Å². The number of rotatable bonds is 14. The molecule has 3 rings (SSSR count). The molecule has 2 N–H and O–H groups in total. The highest BCUT2D eigenvalue weighted by Gasteiger charge is 2.15. The molecule has 4 nitrogen and oxygen atoms in total. The van der Waals surface area contributed by atoms with Crippen molar-refractivity contribution >= 4 is 29.9 Å². The van der Waals surface area contributed by atoms with Crippen molar-refractivity contribution in [2.24, 2.45) is 5.92 Å². The van der Waals surface area contributed by atoms with Crippen LogP contribution in [-0.2, 0) is 4.79 Å². The van der Waals surface area contributed by atoms with Crippen LogP contribution < -0.4 is 15.8 Å². The maximum absolute atomic E-state index is 11.3. The van der Waals surface area contributed by atoms with Gasteiger partial charge in [-0.05, 0) is 104 Å².